The molecule has 0 aromatic heterocycles. The third-order valence-electron chi connectivity index (χ3n) is 6.73. The van der Waals surface area contributed by atoms with Gasteiger partial charge in [0.1, 0.15) is 0 Å². The summed E-state index contributed by atoms with van der Waals surface area (Å²) in [6.07, 6.45) is 7.35. The monoisotopic (exact) mass is 277 g/mol. The molecule has 1 amide bonds. The normalized spacial score (nSPS) is 42.5. The average Bonchev–Trinajstić information content (AvgIpc) is 3.15. The fraction of sp³-hybridized carbons (Fsp3) is 0.938. The summed E-state index contributed by atoms with van der Waals surface area (Å²) in [5.41, 5.74) is 6.82. The highest BCUT2D eigenvalue weighted by Gasteiger charge is 2.50. The molecular formula is C16H27N3O. The van der Waals surface area contributed by atoms with Gasteiger partial charge in [0.15, 0.2) is 0 Å². The smallest absolute Gasteiger partial charge is 0.227 e. The second kappa shape index (κ2) is 4.70. The average molecular weight is 277 g/mol. The lowest BCUT2D eigenvalue weighted by atomic mass is 9.77. The van der Waals surface area contributed by atoms with Crippen molar-refractivity contribution in [1.82, 2.24) is 10.2 Å². The van der Waals surface area contributed by atoms with Crippen LogP contribution in [0.5, 0.6) is 0 Å². The molecule has 112 valence electrons. The van der Waals surface area contributed by atoms with Crippen molar-refractivity contribution in [2.75, 3.05) is 26.2 Å². The van der Waals surface area contributed by atoms with Crippen molar-refractivity contribution in [1.29, 1.82) is 0 Å². The number of carbonyl (C=O) groups excluding carboxylic acids is 1. The first-order valence-corrected chi connectivity index (χ1v) is 8.44. The lowest BCUT2D eigenvalue weighted by molar-refractivity contribution is -0.140. The van der Waals surface area contributed by atoms with Crippen LogP contribution in [-0.2, 0) is 4.79 Å². The zero-order valence-electron chi connectivity index (χ0n) is 12.3. The van der Waals surface area contributed by atoms with E-state index >= 15 is 0 Å². The molecule has 4 fully saturated rings. The Hall–Kier alpha value is -0.610. The first-order chi connectivity index (χ1) is 9.69. The highest BCUT2D eigenvalue weighted by molar-refractivity contribution is 5.80. The van der Waals surface area contributed by atoms with Crippen LogP contribution in [0.4, 0.5) is 0 Å². The van der Waals surface area contributed by atoms with E-state index in [0.29, 0.717) is 23.2 Å². The number of amides is 1. The third-order valence-corrected chi connectivity index (χ3v) is 6.73. The van der Waals surface area contributed by atoms with Crippen molar-refractivity contribution in [3.8, 4) is 0 Å². The van der Waals surface area contributed by atoms with Crippen LogP contribution in [0.25, 0.3) is 0 Å². The second-order valence-corrected chi connectivity index (χ2v) is 7.69. The Morgan fingerprint density at radius 1 is 1.15 bits per heavy atom. The van der Waals surface area contributed by atoms with Crippen LogP contribution in [0.15, 0.2) is 0 Å². The van der Waals surface area contributed by atoms with E-state index in [1.807, 2.05) is 0 Å². The van der Waals surface area contributed by atoms with Gasteiger partial charge in [-0.3, -0.25) is 4.79 Å². The van der Waals surface area contributed by atoms with Crippen LogP contribution in [-0.4, -0.2) is 43.0 Å². The molecule has 2 heterocycles. The standard InChI is InChI=1S/C16H27N3O/c17-14-12-2-1-11(9-12)13(14)15(20)19-7-4-16(5-8-19)3-6-18-10-16/h11-14,18H,1-10,17H2. The summed E-state index contributed by atoms with van der Waals surface area (Å²) in [6.45, 7) is 4.23. The van der Waals surface area contributed by atoms with Crippen LogP contribution in [0, 0.1) is 23.2 Å². The number of nitrogens with zero attached hydrogens (tertiary/aromatic N) is 1. The van der Waals surface area contributed by atoms with Gasteiger partial charge in [-0.2, -0.15) is 0 Å². The number of likely N-dealkylation sites (tertiary alicyclic amines) is 1. The summed E-state index contributed by atoms with van der Waals surface area (Å²) in [6, 6.07) is 0.144. The molecule has 4 heteroatoms. The topological polar surface area (TPSA) is 58.4 Å². The van der Waals surface area contributed by atoms with Crippen LogP contribution in [0.2, 0.25) is 0 Å². The Labute approximate surface area is 121 Å². The molecule has 0 aromatic carbocycles. The molecule has 20 heavy (non-hydrogen) atoms. The molecule has 4 rings (SSSR count). The fourth-order valence-electron chi connectivity index (χ4n) is 5.34. The lowest BCUT2D eigenvalue weighted by Gasteiger charge is -2.41. The van der Waals surface area contributed by atoms with Crippen molar-refractivity contribution in [2.24, 2.45) is 28.9 Å². The summed E-state index contributed by atoms with van der Waals surface area (Å²) in [5.74, 6) is 1.74. The predicted octanol–water partition coefficient (Wildman–Crippen LogP) is 0.962. The van der Waals surface area contributed by atoms with E-state index in [1.54, 1.807) is 0 Å². The molecule has 1 spiro atoms. The van der Waals surface area contributed by atoms with E-state index in [9.17, 15) is 4.79 Å². The van der Waals surface area contributed by atoms with Gasteiger partial charge in [-0.1, -0.05) is 0 Å². The lowest BCUT2D eigenvalue weighted by Crippen LogP contribution is -2.51. The van der Waals surface area contributed by atoms with Gasteiger partial charge in [-0.25, -0.2) is 0 Å². The zero-order chi connectivity index (χ0) is 13.7. The third kappa shape index (κ3) is 1.92. The fourth-order valence-corrected chi connectivity index (χ4v) is 5.34. The Morgan fingerprint density at radius 3 is 2.50 bits per heavy atom. The van der Waals surface area contributed by atoms with Gasteiger partial charge in [-0.15, -0.1) is 0 Å². The molecule has 4 unspecified atom stereocenters. The van der Waals surface area contributed by atoms with Gasteiger partial charge >= 0.3 is 0 Å². The minimum Gasteiger partial charge on any atom is -0.342 e. The maximum absolute atomic E-state index is 12.8. The van der Waals surface area contributed by atoms with Crippen LogP contribution < -0.4 is 11.1 Å². The number of nitrogens with two attached hydrogens (primary N) is 1. The van der Waals surface area contributed by atoms with Gasteiger partial charge in [-0.05, 0) is 62.3 Å². The molecule has 2 saturated heterocycles. The molecule has 0 aromatic rings. The van der Waals surface area contributed by atoms with E-state index in [4.69, 9.17) is 5.73 Å². The van der Waals surface area contributed by atoms with E-state index < -0.39 is 0 Å². The van der Waals surface area contributed by atoms with Crippen molar-refractivity contribution < 1.29 is 4.79 Å². The number of piperidine rings is 1. The minimum atomic E-state index is 0.143. The summed E-state index contributed by atoms with van der Waals surface area (Å²) >= 11 is 0. The first-order valence-electron chi connectivity index (χ1n) is 8.44. The molecule has 0 radical (unpaired) electrons. The van der Waals surface area contributed by atoms with E-state index in [1.165, 1.54) is 38.5 Å². The number of hydrogen-bond donors (Lipinski definition) is 2. The molecule has 4 aliphatic rings. The Kier molecular flexibility index (Phi) is 3.08. The van der Waals surface area contributed by atoms with E-state index in [2.05, 4.69) is 10.2 Å². The molecular weight excluding hydrogens is 250 g/mol. The van der Waals surface area contributed by atoms with Crippen LogP contribution in [0.1, 0.15) is 38.5 Å². The summed E-state index contributed by atoms with van der Waals surface area (Å²) in [5, 5.41) is 3.49. The van der Waals surface area contributed by atoms with Crippen molar-refractivity contribution in [3.05, 3.63) is 0 Å². The second-order valence-electron chi connectivity index (χ2n) is 7.69. The summed E-state index contributed by atoms with van der Waals surface area (Å²) in [7, 11) is 0. The van der Waals surface area contributed by atoms with Crippen molar-refractivity contribution in [3.63, 3.8) is 0 Å². The van der Waals surface area contributed by atoms with Gasteiger partial charge < -0.3 is 16.0 Å². The number of fused-ring (bicyclic) bond motifs is 2. The molecule has 4 nitrogen and oxygen atoms in total. The Morgan fingerprint density at radius 2 is 1.90 bits per heavy atom. The molecule has 4 atom stereocenters. The zero-order valence-corrected chi connectivity index (χ0v) is 12.3. The molecule has 2 bridgehead atoms. The predicted molar refractivity (Wildman–Crippen MR) is 78.0 cm³/mol. The van der Waals surface area contributed by atoms with Gasteiger partial charge in [0.25, 0.3) is 0 Å². The largest absolute Gasteiger partial charge is 0.342 e. The Bertz CT molecular complexity index is 393. The molecule has 3 N–H and O–H groups in total. The highest BCUT2D eigenvalue weighted by atomic mass is 16.2. The maximum atomic E-state index is 12.8. The molecule has 2 aliphatic heterocycles. The van der Waals surface area contributed by atoms with Crippen LogP contribution >= 0.6 is 0 Å². The first kappa shape index (κ1) is 13.1. The van der Waals surface area contributed by atoms with Gasteiger partial charge in [0, 0.05) is 25.7 Å². The van der Waals surface area contributed by atoms with Gasteiger partial charge in [0.05, 0.1) is 5.92 Å². The van der Waals surface area contributed by atoms with E-state index in [-0.39, 0.29) is 12.0 Å². The molecule has 2 saturated carbocycles. The van der Waals surface area contributed by atoms with Crippen LogP contribution in [0.3, 0.4) is 0 Å². The number of nitrogens with one attached hydrogen (secondary N) is 1. The minimum absolute atomic E-state index is 0.143. The van der Waals surface area contributed by atoms with Crippen molar-refractivity contribution >= 4 is 5.91 Å². The SMILES string of the molecule is NC1C2CCC(C2)C1C(=O)N1CCC2(CCNC2)CC1. The van der Waals surface area contributed by atoms with Gasteiger partial charge in [0.2, 0.25) is 5.91 Å². The number of rotatable bonds is 1. The number of hydrogen-bond acceptors (Lipinski definition) is 3. The number of carbonyl (C=O) groups is 1. The summed E-state index contributed by atoms with van der Waals surface area (Å²) < 4.78 is 0. The highest BCUT2D eigenvalue weighted by Crippen LogP contribution is 2.48. The quantitative estimate of drug-likeness (QED) is 0.750. The molecule has 2 aliphatic carbocycles. The summed E-state index contributed by atoms with van der Waals surface area (Å²) in [4.78, 5) is 15.0. The van der Waals surface area contributed by atoms with Crippen molar-refractivity contribution in [2.45, 2.75) is 44.6 Å². The maximum Gasteiger partial charge on any atom is 0.227 e. The van der Waals surface area contributed by atoms with E-state index in [0.717, 1.165) is 26.2 Å². The Balaban J connectivity index is 1.40.